The Balaban J connectivity index is 1.94. The predicted octanol–water partition coefficient (Wildman–Crippen LogP) is 2.81. The fourth-order valence-corrected chi connectivity index (χ4v) is 2.78. The van der Waals surface area contributed by atoms with Crippen LogP contribution in [-0.4, -0.2) is 45.1 Å². The van der Waals surface area contributed by atoms with Crippen LogP contribution in [0.2, 0.25) is 5.02 Å². The van der Waals surface area contributed by atoms with E-state index >= 15 is 0 Å². The first-order chi connectivity index (χ1) is 10.2. The van der Waals surface area contributed by atoms with Gasteiger partial charge in [-0.25, -0.2) is 0 Å². The van der Waals surface area contributed by atoms with Crippen molar-refractivity contribution in [1.82, 2.24) is 5.32 Å². The maximum atomic E-state index is 6.09. The molecule has 0 amide bonds. The molecule has 1 saturated carbocycles. The monoisotopic (exact) mass is 313 g/mol. The second-order valence-electron chi connectivity index (χ2n) is 5.29. The predicted molar refractivity (Wildman–Crippen MR) is 84.3 cm³/mol. The smallest absolute Gasteiger partial charge is 0.128 e. The molecule has 1 aromatic rings. The normalized spacial score (nSPS) is 24.7. The standard InChI is InChI=1S/C16H24ClNO3/c1-4-18-13-10-15(16(13)20-8-7-19-3)21-14-6-5-12(17)9-11(14)2/h5-6,9,13,15-16,18H,4,7-8,10H2,1-3H3. The number of ether oxygens (including phenoxy) is 3. The zero-order valence-corrected chi connectivity index (χ0v) is 13.7. The molecule has 1 aliphatic carbocycles. The molecule has 0 aromatic heterocycles. The Morgan fingerprint density at radius 3 is 2.81 bits per heavy atom. The van der Waals surface area contributed by atoms with E-state index in [1.807, 2.05) is 25.1 Å². The van der Waals surface area contributed by atoms with Gasteiger partial charge in [-0.2, -0.15) is 0 Å². The lowest BCUT2D eigenvalue weighted by atomic mass is 9.85. The summed E-state index contributed by atoms with van der Waals surface area (Å²) in [4.78, 5) is 0. The first kappa shape index (κ1) is 16.6. The highest BCUT2D eigenvalue weighted by atomic mass is 35.5. The van der Waals surface area contributed by atoms with Gasteiger partial charge in [-0.3, -0.25) is 0 Å². The van der Waals surface area contributed by atoms with E-state index in [4.69, 9.17) is 25.8 Å². The molecule has 1 N–H and O–H groups in total. The van der Waals surface area contributed by atoms with Gasteiger partial charge in [0.15, 0.2) is 0 Å². The van der Waals surface area contributed by atoms with Gasteiger partial charge < -0.3 is 19.5 Å². The van der Waals surface area contributed by atoms with Gasteiger partial charge in [-0.1, -0.05) is 18.5 Å². The number of benzene rings is 1. The van der Waals surface area contributed by atoms with Crippen molar-refractivity contribution in [1.29, 1.82) is 0 Å². The van der Waals surface area contributed by atoms with Gasteiger partial charge in [0.1, 0.15) is 18.0 Å². The number of nitrogens with one attached hydrogen (secondary N) is 1. The third kappa shape index (κ3) is 4.33. The molecule has 118 valence electrons. The molecule has 0 radical (unpaired) electrons. The Kier molecular flexibility index (Phi) is 6.30. The maximum absolute atomic E-state index is 6.09. The van der Waals surface area contributed by atoms with Crippen LogP contribution in [0.3, 0.4) is 0 Å². The summed E-state index contributed by atoms with van der Waals surface area (Å²) in [5.74, 6) is 0.875. The fraction of sp³-hybridized carbons (Fsp3) is 0.625. The average molecular weight is 314 g/mol. The molecule has 0 saturated heterocycles. The zero-order chi connectivity index (χ0) is 15.2. The summed E-state index contributed by atoms with van der Waals surface area (Å²) in [7, 11) is 1.68. The Labute approximate surface area is 131 Å². The third-order valence-corrected chi connectivity index (χ3v) is 3.96. The molecule has 21 heavy (non-hydrogen) atoms. The summed E-state index contributed by atoms with van der Waals surface area (Å²) in [6, 6.07) is 6.04. The van der Waals surface area contributed by atoms with Crippen LogP contribution in [0.15, 0.2) is 18.2 Å². The lowest BCUT2D eigenvalue weighted by molar-refractivity contribution is -0.115. The molecule has 0 spiro atoms. The summed E-state index contributed by atoms with van der Waals surface area (Å²) in [6.45, 7) is 6.22. The van der Waals surface area contributed by atoms with Crippen LogP contribution < -0.4 is 10.1 Å². The van der Waals surface area contributed by atoms with Gasteiger partial charge in [0, 0.05) is 24.6 Å². The number of likely N-dealkylation sites (N-methyl/N-ethyl adjacent to an activating group) is 1. The zero-order valence-electron chi connectivity index (χ0n) is 12.9. The quantitative estimate of drug-likeness (QED) is 0.749. The van der Waals surface area contributed by atoms with E-state index in [1.54, 1.807) is 7.11 Å². The second kappa shape index (κ2) is 7.99. The van der Waals surface area contributed by atoms with Crippen molar-refractivity contribution in [3.63, 3.8) is 0 Å². The van der Waals surface area contributed by atoms with Crippen LogP contribution in [0, 0.1) is 6.92 Å². The number of hydrogen-bond donors (Lipinski definition) is 1. The van der Waals surface area contributed by atoms with E-state index in [1.165, 1.54) is 0 Å². The van der Waals surface area contributed by atoms with E-state index < -0.39 is 0 Å². The van der Waals surface area contributed by atoms with Gasteiger partial charge in [-0.05, 0) is 37.2 Å². The topological polar surface area (TPSA) is 39.7 Å². The highest BCUT2D eigenvalue weighted by Gasteiger charge is 2.43. The lowest BCUT2D eigenvalue weighted by Gasteiger charge is -2.44. The van der Waals surface area contributed by atoms with Crippen LogP contribution in [0.1, 0.15) is 18.9 Å². The van der Waals surface area contributed by atoms with Crippen molar-refractivity contribution in [2.45, 2.75) is 38.5 Å². The number of aryl methyl sites for hydroxylation is 1. The Morgan fingerprint density at radius 1 is 1.33 bits per heavy atom. The molecule has 0 bridgehead atoms. The highest BCUT2D eigenvalue weighted by Crippen LogP contribution is 2.31. The number of rotatable bonds is 8. The van der Waals surface area contributed by atoms with E-state index in [0.29, 0.717) is 19.3 Å². The van der Waals surface area contributed by atoms with Crippen molar-refractivity contribution >= 4 is 11.6 Å². The number of hydrogen-bond acceptors (Lipinski definition) is 4. The molecule has 0 aliphatic heterocycles. The van der Waals surface area contributed by atoms with Gasteiger partial charge in [-0.15, -0.1) is 0 Å². The van der Waals surface area contributed by atoms with Crippen LogP contribution in [0.5, 0.6) is 5.75 Å². The molecule has 1 aromatic carbocycles. The minimum absolute atomic E-state index is 0.0650. The third-order valence-electron chi connectivity index (χ3n) is 3.73. The molecule has 3 atom stereocenters. The van der Waals surface area contributed by atoms with Gasteiger partial charge in [0.05, 0.1) is 13.2 Å². The Hall–Kier alpha value is -0.810. The molecular weight excluding hydrogens is 290 g/mol. The lowest BCUT2D eigenvalue weighted by Crippen LogP contribution is -2.61. The molecule has 1 fully saturated rings. The van der Waals surface area contributed by atoms with Gasteiger partial charge in [0.25, 0.3) is 0 Å². The average Bonchev–Trinajstić information content (AvgIpc) is 2.44. The molecular formula is C16H24ClNO3. The minimum atomic E-state index is 0.0650. The number of methoxy groups -OCH3 is 1. The van der Waals surface area contributed by atoms with E-state index in [0.717, 1.165) is 29.3 Å². The number of halogens is 1. The molecule has 4 nitrogen and oxygen atoms in total. The van der Waals surface area contributed by atoms with Gasteiger partial charge >= 0.3 is 0 Å². The molecule has 0 heterocycles. The van der Waals surface area contributed by atoms with Crippen LogP contribution >= 0.6 is 11.6 Å². The molecule has 1 aliphatic rings. The van der Waals surface area contributed by atoms with Crippen molar-refractivity contribution in [3.05, 3.63) is 28.8 Å². The second-order valence-corrected chi connectivity index (χ2v) is 5.73. The van der Waals surface area contributed by atoms with Gasteiger partial charge in [0.2, 0.25) is 0 Å². The van der Waals surface area contributed by atoms with Crippen LogP contribution in [0.25, 0.3) is 0 Å². The molecule has 5 heteroatoms. The van der Waals surface area contributed by atoms with Crippen molar-refractivity contribution in [2.75, 3.05) is 26.9 Å². The SMILES string of the molecule is CCNC1CC(Oc2ccc(Cl)cc2C)C1OCCOC. The molecule has 3 unspecified atom stereocenters. The first-order valence-electron chi connectivity index (χ1n) is 7.42. The highest BCUT2D eigenvalue weighted by molar-refractivity contribution is 6.30. The van der Waals surface area contributed by atoms with Crippen molar-refractivity contribution in [2.24, 2.45) is 0 Å². The summed E-state index contributed by atoms with van der Waals surface area (Å²) >= 11 is 5.97. The first-order valence-corrected chi connectivity index (χ1v) is 7.80. The summed E-state index contributed by atoms with van der Waals surface area (Å²) in [5.41, 5.74) is 1.05. The molecule has 2 rings (SSSR count). The van der Waals surface area contributed by atoms with E-state index in [9.17, 15) is 0 Å². The van der Waals surface area contributed by atoms with Crippen molar-refractivity contribution in [3.8, 4) is 5.75 Å². The summed E-state index contributed by atoms with van der Waals surface area (Å²) < 4.78 is 17.0. The summed E-state index contributed by atoms with van der Waals surface area (Å²) in [6.07, 6.45) is 1.09. The fourth-order valence-electron chi connectivity index (χ4n) is 2.56. The maximum Gasteiger partial charge on any atom is 0.128 e. The van der Waals surface area contributed by atoms with Crippen LogP contribution in [-0.2, 0) is 9.47 Å². The largest absolute Gasteiger partial charge is 0.487 e. The van der Waals surface area contributed by atoms with E-state index in [2.05, 4.69) is 12.2 Å². The van der Waals surface area contributed by atoms with E-state index in [-0.39, 0.29) is 12.2 Å². The summed E-state index contributed by atoms with van der Waals surface area (Å²) in [5, 5.41) is 4.16. The van der Waals surface area contributed by atoms with Crippen LogP contribution in [0.4, 0.5) is 0 Å². The Morgan fingerprint density at radius 2 is 2.14 bits per heavy atom. The minimum Gasteiger partial charge on any atom is -0.487 e. The Bertz CT molecular complexity index is 455. The van der Waals surface area contributed by atoms with Crippen molar-refractivity contribution < 1.29 is 14.2 Å².